The topological polar surface area (TPSA) is 149 Å². The Labute approximate surface area is 285 Å². The van der Waals surface area contributed by atoms with Gasteiger partial charge in [0.1, 0.15) is 39.9 Å². The first kappa shape index (κ1) is 31.1. The van der Waals surface area contributed by atoms with E-state index < -0.39 is 41.4 Å². The summed E-state index contributed by atoms with van der Waals surface area (Å²) in [6, 6.07) is 11.3. The molecule has 252 valence electrons. The highest BCUT2D eigenvalue weighted by atomic mass is 32.1. The van der Waals surface area contributed by atoms with Crippen molar-refractivity contribution in [2.45, 2.75) is 56.2 Å². The lowest BCUT2D eigenvalue weighted by Gasteiger charge is -2.25. The zero-order valence-electron chi connectivity index (χ0n) is 26.8. The number of thiazole rings is 1. The highest BCUT2D eigenvalue weighted by Crippen LogP contribution is 2.45. The number of carbonyl (C=O) groups excluding carboxylic acids is 2. The fourth-order valence-electron chi connectivity index (χ4n) is 7.02. The number of aliphatic carboxylic acids is 1. The fourth-order valence-corrected chi connectivity index (χ4v) is 8.13. The Morgan fingerprint density at radius 1 is 1.10 bits per heavy atom. The summed E-state index contributed by atoms with van der Waals surface area (Å²) in [6.07, 6.45) is 5.52. The largest absolute Gasteiger partial charge is 0.497 e. The summed E-state index contributed by atoms with van der Waals surface area (Å²) < 4.78 is 23.1. The number of likely N-dealkylation sites (tertiary alicyclic amines) is 1. The van der Waals surface area contributed by atoms with Gasteiger partial charge in [-0.25, -0.2) is 14.8 Å². The normalized spacial score (nSPS) is 23.5. The van der Waals surface area contributed by atoms with Crippen LogP contribution in [0, 0.1) is 5.92 Å². The van der Waals surface area contributed by atoms with Crippen molar-refractivity contribution in [1.82, 2.24) is 20.2 Å². The lowest BCUT2D eigenvalue weighted by Crippen LogP contribution is -2.53. The summed E-state index contributed by atoms with van der Waals surface area (Å²) in [6.45, 7) is 3.85. The predicted molar refractivity (Wildman–Crippen MR) is 179 cm³/mol. The Bertz CT molecular complexity index is 2010. The Kier molecular flexibility index (Phi) is 7.66. The number of carbonyl (C=O) groups is 3. The van der Waals surface area contributed by atoms with Gasteiger partial charge in [-0.1, -0.05) is 6.08 Å². The minimum Gasteiger partial charge on any atom is -0.497 e. The van der Waals surface area contributed by atoms with Crippen LogP contribution in [0.3, 0.4) is 0 Å². The molecule has 4 heterocycles. The Hall–Kier alpha value is -5.17. The number of nitrogens with zero attached hydrogens (tertiary/aromatic N) is 3. The molecule has 0 unspecified atom stereocenters. The van der Waals surface area contributed by atoms with Gasteiger partial charge in [-0.2, -0.15) is 0 Å². The molecule has 12 nitrogen and oxygen atoms in total. The molecule has 2 fully saturated rings. The zero-order chi connectivity index (χ0) is 33.9. The van der Waals surface area contributed by atoms with Crippen LogP contribution in [-0.2, 0) is 22.4 Å². The number of ether oxygens (including phenoxy) is 4. The monoisotopic (exact) mass is 682 g/mol. The number of amides is 2. The molecule has 4 aliphatic rings. The van der Waals surface area contributed by atoms with Crippen LogP contribution in [0.4, 0.5) is 0 Å². The molecule has 2 aliphatic heterocycles. The van der Waals surface area contributed by atoms with Gasteiger partial charge < -0.3 is 34.3 Å². The summed E-state index contributed by atoms with van der Waals surface area (Å²) >= 11 is 1.65. The number of rotatable bonds is 9. The van der Waals surface area contributed by atoms with E-state index in [1.54, 1.807) is 36.6 Å². The third-order valence-electron chi connectivity index (χ3n) is 9.81. The quantitative estimate of drug-likeness (QED) is 0.236. The van der Waals surface area contributed by atoms with E-state index in [0.29, 0.717) is 39.8 Å². The number of fused-ring (bicyclic) bond motifs is 3. The van der Waals surface area contributed by atoms with E-state index in [1.807, 2.05) is 24.3 Å². The number of methoxy groups -OCH3 is 1. The number of hydrogen-bond donors (Lipinski definition) is 2. The summed E-state index contributed by atoms with van der Waals surface area (Å²) in [5.74, 6) is -0.382. The van der Waals surface area contributed by atoms with Crippen LogP contribution in [0.2, 0.25) is 0 Å². The molecule has 0 bridgehead atoms. The average molecular weight is 683 g/mol. The van der Waals surface area contributed by atoms with Gasteiger partial charge in [0, 0.05) is 40.3 Å². The lowest BCUT2D eigenvalue weighted by atomic mass is 10.0. The van der Waals surface area contributed by atoms with Gasteiger partial charge >= 0.3 is 5.97 Å². The van der Waals surface area contributed by atoms with Crippen molar-refractivity contribution in [3.05, 3.63) is 71.3 Å². The molecule has 8 rings (SSSR count). The first-order chi connectivity index (χ1) is 23.8. The number of nitrogens with one attached hydrogen (secondary N) is 1. The standard InChI is InChI=1S/C36H34N4O8S/c1-3-20-16-36(20,35(43)44)39-32(41)27-14-22(17-40(27)34(42)19-8-11-28-30(12-19)47-18-46-28)48-29-15-26(33-38-24-6-4-5-7-31(24)49-33)37-25-13-21(45-2)9-10-23(25)29/h3,8-13,15,20,22,27H,1,4-7,14,16-18H2,2H3,(H,39,41)(H,43,44)/t20-,22-,27+,36-/m1/s1. The SMILES string of the molecule is C=C[C@@H]1C[C@]1(NC(=O)[C@@H]1C[C@@H](Oc2cc(-c3nc4c(s3)CCCC4)nc3cc(OC)ccc23)CN1C(=O)c1ccc2c(c1)OCO2)C(=O)O. The second-order valence-corrected chi connectivity index (χ2v) is 13.9. The van der Waals surface area contributed by atoms with Gasteiger partial charge in [0.05, 0.1) is 24.9 Å². The van der Waals surface area contributed by atoms with Gasteiger partial charge in [-0.3, -0.25) is 9.59 Å². The molecular weight excluding hydrogens is 648 g/mol. The van der Waals surface area contributed by atoms with E-state index in [4.69, 9.17) is 28.9 Å². The second kappa shape index (κ2) is 12.1. The maximum absolute atomic E-state index is 14.0. The third kappa shape index (κ3) is 5.51. The van der Waals surface area contributed by atoms with Crippen LogP contribution >= 0.6 is 11.3 Å². The Balaban J connectivity index is 1.13. The fraction of sp³-hybridized carbons (Fsp3) is 0.361. The van der Waals surface area contributed by atoms with Gasteiger partial charge in [-0.05, 0) is 62.4 Å². The summed E-state index contributed by atoms with van der Waals surface area (Å²) in [4.78, 5) is 52.7. The molecule has 2 aromatic heterocycles. The molecule has 2 N–H and O–H groups in total. The van der Waals surface area contributed by atoms with Gasteiger partial charge in [0.2, 0.25) is 12.7 Å². The minimum atomic E-state index is -1.45. The van der Waals surface area contributed by atoms with Crippen molar-refractivity contribution < 1.29 is 38.4 Å². The molecule has 2 aromatic carbocycles. The molecule has 13 heteroatoms. The molecular formula is C36H34N4O8S. The van der Waals surface area contributed by atoms with Crippen molar-refractivity contribution in [1.29, 1.82) is 0 Å². The molecule has 4 aromatic rings. The molecule has 2 amide bonds. The van der Waals surface area contributed by atoms with E-state index in [9.17, 15) is 19.5 Å². The Morgan fingerprint density at radius 2 is 1.94 bits per heavy atom. The van der Waals surface area contributed by atoms with Gasteiger partial charge in [0.15, 0.2) is 11.5 Å². The van der Waals surface area contributed by atoms with Crippen LogP contribution in [0.25, 0.3) is 21.6 Å². The summed E-state index contributed by atoms with van der Waals surface area (Å²) in [5, 5.41) is 14.3. The molecule has 1 saturated heterocycles. The number of hydrogen-bond acceptors (Lipinski definition) is 10. The molecule has 49 heavy (non-hydrogen) atoms. The van der Waals surface area contributed by atoms with E-state index in [2.05, 4.69) is 11.9 Å². The van der Waals surface area contributed by atoms with E-state index in [0.717, 1.165) is 41.8 Å². The maximum atomic E-state index is 14.0. The number of aryl methyl sites for hydroxylation is 2. The smallest absolute Gasteiger partial charge is 0.330 e. The molecule has 4 atom stereocenters. The minimum absolute atomic E-state index is 0.0523. The van der Waals surface area contributed by atoms with Gasteiger partial charge in [0.25, 0.3) is 5.91 Å². The predicted octanol–water partition coefficient (Wildman–Crippen LogP) is 4.78. The van der Waals surface area contributed by atoms with Crippen molar-refractivity contribution in [3.8, 4) is 33.7 Å². The van der Waals surface area contributed by atoms with Crippen LogP contribution in [-0.4, -0.2) is 75.9 Å². The van der Waals surface area contributed by atoms with Crippen molar-refractivity contribution in [2.24, 2.45) is 5.92 Å². The average Bonchev–Trinajstić information content (AvgIpc) is 3.47. The third-order valence-corrected chi connectivity index (χ3v) is 11.0. The number of carboxylic acids is 1. The van der Waals surface area contributed by atoms with Crippen molar-refractivity contribution >= 4 is 40.0 Å². The first-order valence-electron chi connectivity index (χ1n) is 16.3. The number of pyridine rings is 1. The molecule has 1 saturated carbocycles. The maximum Gasteiger partial charge on any atom is 0.330 e. The summed E-state index contributed by atoms with van der Waals surface area (Å²) in [7, 11) is 1.60. The molecule has 0 radical (unpaired) electrons. The Morgan fingerprint density at radius 3 is 2.71 bits per heavy atom. The number of aromatic nitrogens is 2. The van der Waals surface area contributed by atoms with Gasteiger partial charge in [-0.15, -0.1) is 17.9 Å². The first-order valence-corrected chi connectivity index (χ1v) is 17.1. The number of benzene rings is 2. The second-order valence-electron chi connectivity index (χ2n) is 12.8. The van der Waals surface area contributed by atoms with Crippen molar-refractivity contribution in [2.75, 3.05) is 20.4 Å². The van der Waals surface area contributed by atoms with E-state index in [1.165, 1.54) is 15.9 Å². The summed E-state index contributed by atoms with van der Waals surface area (Å²) in [5.41, 5.74) is 1.31. The van der Waals surface area contributed by atoms with Crippen LogP contribution in [0.5, 0.6) is 23.0 Å². The number of carboxylic acid groups (broad SMARTS) is 1. The van der Waals surface area contributed by atoms with E-state index in [-0.39, 0.29) is 26.2 Å². The van der Waals surface area contributed by atoms with Crippen molar-refractivity contribution in [3.63, 3.8) is 0 Å². The van der Waals surface area contributed by atoms with Crippen LogP contribution in [0.15, 0.2) is 55.1 Å². The van der Waals surface area contributed by atoms with Crippen LogP contribution < -0.4 is 24.3 Å². The highest BCUT2D eigenvalue weighted by Gasteiger charge is 2.61. The molecule has 2 aliphatic carbocycles. The molecule has 0 spiro atoms. The van der Waals surface area contributed by atoms with Crippen LogP contribution in [0.1, 0.15) is 46.6 Å². The lowest BCUT2D eigenvalue weighted by molar-refractivity contribution is -0.144. The zero-order valence-corrected chi connectivity index (χ0v) is 27.6. The highest BCUT2D eigenvalue weighted by molar-refractivity contribution is 7.15. The van der Waals surface area contributed by atoms with E-state index >= 15 is 0 Å².